The van der Waals surface area contributed by atoms with Crippen molar-refractivity contribution < 1.29 is 9.53 Å². The lowest BCUT2D eigenvalue weighted by atomic mass is 9.92. The molecule has 0 amide bonds. The van der Waals surface area contributed by atoms with Crippen LogP contribution < -0.4 is 14.9 Å². The van der Waals surface area contributed by atoms with Gasteiger partial charge in [0.25, 0.3) is 5.56 Å². The molecule has 2 heterocycles. The topological polar surface area (TPSA) is 60.7 Å². The molecule has 1 aliphatic heterocycles. The summed E-state index contributed by atoms with van der Waals surface area (Å²) in [6.45, 7) is 8.40. The van der Waals surface area contributed by atoms with Gasteiger partial charge in [0.1, 0.15) is 0 Å². The van der Waals surface area contributed by atoms with E-state index in [-0.39, 0.29) is 12.2 Å². The predicted molar refractivity (Wildman–Crippen MR) is 149 cm³/mol. The summed E-state index contributed by atoms with van der Waals surface area (Å²) in [5.74, 6) is -0.0276. The molecule has 3 aromatic rings. The quantitative estimate of drug-likeness (QED) is 0.273. The van der Waals surface area contributed by atoms with Crippen molar-refractivity contribution in [2.24, 2.45) is 4.99 Å². The molecule has 35 heavy (non-hydrogen) atoms. The van der Waals surface area contributed by atoms with E-state index in [0.717, 1.165) is 21.1 Å². The molecule has 0 unspecified atom stereocenters. The number of ether oxygens (including phenoxy) is 1. The number of nitrogens with zero attached hydrogens (tertiary/aromatic N) is 2. The molecule has 2 aromatic carbocycles. The molecule has 182 valence electrons. The largest absolute Gasteiger partial charge is 0.463 e. The summed E-state index contributed by atoms with van der Waals surface area (Å²) in [5.41, 5.74) is 4.04. The number of aromatic nitrogens is 1. The number of thiazole rings is 1. The van der Waals surface area contributed by atoms with Crippen molar-refractivity contribution >= 4 is 46.0 Å². The molecule has 4 rings (SSSR count). The van der Waals surface area contributed by atoms with Gasteiger partial charge in [-0.05, 0) is 76.8 Å². The van der Waals surface area contributed by atoms with Gasteiger partial charge in [0.2, 0.25) is 0 Å². The van der Waals surface area contributed by atoms with E-state index in [1.807, 2.05) is 42.5 Å². The van der Waals surface area contributed by atoms with Crippen LogP contribution in [-0.2, 0) is 9.53 Å². The summed E-state index contributed by atoms with van der Waals surface area (Å²) in [6, 6.07) is 15.6. The third kappa shape index (κ3) is 5.35. The summed E-state index contributed by atoms with van der Waals surface area (Å²) >= 11 is 3.63. The van der Waals surface area contributed by atoms with Crippen molar-refractivity contribution in [3.05, 3.63) is 99.7 Å². The van der Waals surface area contributed by atoms with Crippen molar-refractivity contribution in [2.75, 3.05) is 6.61 Å². The van der Waals surface area contributed by atoms with Gasteiger partial charge < -0.3 is 4.74 Å². The Morgan fingerprint density at radius 1 is 1.14 bits per heavy atom. The van der Waals surface area contributed by atoms with E-state index < -0.39 is 12.0 Å². The van der Waals surface area contributed by atoms with E-state index in [4.69, 9.17) is 9.73 Å². The summed E-state index contributed by atoms with van der Waals surface area (Å²) in [6.07, 6.45) is 3.36. The van der Waals surface area contributed by atoms with Crippen LogP contribution >= 0.6 is 33.9 Å². The number of carbonyl (C=O) groups excluding carboxylic acids is 1. The third-order valence-electron chi connectivity index (χ3n) is 5.98. The van der Waals surface area contributed by atoms with Gasteiger partial charge in [0, 0.05) is 3.57 Å². The number of fused-ring (bicyclic) bond motifs is 1. The van der Waals surface area contributed by atoms with Crippen LogP contribution in [0, 0.1) is 3.57 Å². The summed E-state index contributed by atoms with van der Waals surface area (Å²) in [5, 5.41) is 0. The lowest BCUT2D eigenvalue weighted by Gasteiger charge is -2.26. The van der Waals surface area contributed by atoms with Crippen molar-refractivity contribution in [3.8, 4) is 0 Å². The molecule has 0 radical (unpaired) electrons. The lowest BCUT2D eigenvalue weighted by Crippen LogP contribution is -2.40. The number of hydrogen-bond donors (Lipinski definition) is 0. The van der Waals surface area contributed by atoms with Gasteiger partial charge in [0.05, 0.1) is 28.5 Å². The third-order valence-corrected chi connectivity index (χ3v) is 7.68. The fraction of sp³-hybridized carbons (Fsp3) is 0.321. The van der Waals surface area contributed by atoms with E-state index in [9.17, 15) is 9.59 Å². The Hall–Kier alpha value is -2.52. The minimum Gasteiger partial charge on any atom is -0.463 e. The van der Waals surface area contributed by atoms with Gasteiger partial charge in [-0.3, -0.25) is 9.36 Å². The fourth-order valence-corrected chi connectivity index (χ4v) is 5.59. The molecule has 0 saturated heterocycles. The Balaban J connectivity index is 1.97. The van der Waals surface area contributed by atoms with Crippen LogP contribution in [0.2, 0.25) is 0 Å². The standard InChI is InChI=1S/C28H29IN2O3S/c1-5-7-22-24(27(33)34-6-2)25(20-12-10-19(11-13-20)17(3)4)31-26(32)23(35-28(31)30-22)16-18-8-14-21(29)15-9-18/h8-17,25H,5-7H2,1-4H3/b23-16-/t25-/m1/s1. The number of hydrogen-bond acceptors (Lipinski definition) is 5. The first-order valence-corrected chi connectivity index (χ1v) is 13.8. The molecule has 0 bridgehead atoms. The molecule has 0 N–H and O–H groups in total. The average molecular weight is 601 g/mol. The Morgan fingerprint density at radius 2 is 1.83 bits per heavy atom. The lowest BCUT2D eigenvalue weighted by molar-refractivity contribution is -0.139. The Labute approximate surface area is 223 Å². The maximum absolute atomic E-state index is 13.7. The first-order valence-electron chi connectivity index (χ1n) is 11.9. The van der Waals surface area contributed by atoms with E-state index in [2.05, 4.69) is 55.5 Å². The number of benzene rings is 2. The van der Waals surface area contributed by atoms with E-state index in [1.165, 1.54) is 16.9 Å². The van der Waals surface area contributed by atoms with Gasteiger partial charge in [-0.1, -0.05) is 74.9 Å². The second kappa shape index (κ2) is 11.0. The smallest absolute Gasteiger partial charge is 0.338 e. The van der Waals surface area contributed by atoms with Gasteiger partial charge >= 0.3 is 5.97 Å². The van der Waals surface area contributed by atoms with Crippen LogP contribution in [-0.4, -0.2) is 17.1 Å². The highest BCUT2D eigenvalue weighted by Gasteiger charge is 2.34. The van der Waals surface area contributed by atoms with Gasteiger partial charge in [-0.2, -0.15) is 0 Å². The van der Waals surface area contributed by atoms with Crippen LogP contribution in [0.15, 0.2) is 69.6 Å². The predicted octanol–water partition coefficient (Wildman–Crippen LogP) is 5.31. The Kier molecular flexibility index (Phi) is 8.06. The summed E-state index contributed by atoms with van der Waals surface area (Å²) < 4.78 is 8.85. The zero-order chi connectivity index (χ0) is 25.1. The minimum absolute atomic E-state index is 0.150. The molecule has 1 aromatic heterocycles. The molecular weight excluding hydrogens is 571 g/mol. The van der Waals surface area contributed by atoms with Crippen molar-refractivity contribution in [1.29, 1.82) is 0 Å². The highest BCUT2D eigenvalue weighted by Crippen LogP contribution is 2.33. The van der Waals surface area contributed by atoms with Crippen molar-refractivity contribution in [3.63, 3.8) is 0 Å². The molecule has 1 aliphatic rings. The molecule has 0 spiro atoms. The first-order chi connectivity index (χ1) is 16.8. The highest BCUT2D eigenvalue weighted by molar-refractivity contribution is 14.1. The summed E-state index contributed by atoms with van der Waals surface area (Å²) in [4.78, 5) is 32.4. The monoisotopic (exact) mass is 600 g/mol. The van der Waals surface area contributed by atoms with Crippen LogP contribution in [0.1, 0.15) is 69.2 Å². The fourth-order valence-electron chi connectivity index (χ4n) is 4.21. The normalized spacial score (nSPS) is 15.8. The second-order valence-corrected chi connectivity index (χ2v) is 11.0. The second-order valence-electron chi connectivity index (χ2n) is 8.79. The van der Waals surface area contributed by atoms with Crippen LogP contribution in [0.25, 0.3) is 6.08 Å². The van der Waals surface area contributed by atoms with E-state index >= 15 is 0 Å². The van der Waals surface area contributed by atoms with E-state index in [1.54, 1.807) is 11.5 Å². The highest BCUT2D eigenvalue weighted by atomic mass is 127. The van der Waals surface area contributed by atoms with Gasteiger partial charge in [-0.15, -0.1) is 0 Å². The van der Waals surface area contributed by atoms with Crippen LogP contribution in [0.4, 0.5) is 0 Å². The molecule has 0 fully saturated rings. The number of halogens is 1. The zero-order valence-corrected chi connectivity index (χ0v) is 23.4. The average Bonchev–Trinajstić information content (AvgIpc) is 3.14. The maximum Gasteiger partial charge on any atom is 0.338 e. The molecule has 0 aliphatic carbocycles. The van der Waals surface area contributed by atoms with Gasteiger partial charge in [-0.25, -0.2) is 9.79 Å². The molecule has 0 saturated carbocycles. The first kappa shape index (κ1) is 25.6. The zero-order valence-electron chi connectivity index (χ0n) is 20.4. The summed E-state index contributed by atoms with van der Waals surface area (Å²) in [7, 11) is 0. The maximum atomic E-state index is 13.7. The number of rotatable bonds is 7. The molecular formula is C28H29IN2O3S. The molecule has 7 heteroatoms. The molecule has 5 nitrogen and oxygen atoms in total. The van der Waals surface area contributed by atoms with Gasteiger partial charge in [0.15, 0.2) is 4.80 Å². The van der Waals surface area contributed by atoms with E-state index in [0.29, 0.717) is 32.9 Å². The number of allylic oxidation sites excluding steroid dienone is 1. The SMILES string of the molecule is CCCC1=C(C(=O)OCC)[C@@H](c2ccc(C(C)C)cc2)n2c(s/c(=C\c3ccc(I)cc3)c2=O)=N1. The van der Waals surface area contributed by atoms with Crippen molar-refractivity contribution in [2.45, 2.75) is 52.5 Å². The number of esters is 1. The Morgan fingerprint density at radius 3 is 2.43 bits per heavy atom. The number of carbonyl (C=O) groups is 1. The Bertz CT molecular complexity index is 1430. The van der Waals surface area contributed by atoms with Crippen molar-refractivity contribution in [1.82, 2.24) is 4.57 Å². The minimum atomic E-state index is -0.577. The molecule has 1 atom stereocenters. The van der Waals surface area contributed by atoms with Crippen LogP contribution in [0.5, 0.6) is 0 Å². The van der Waals surface area contributed by atoms with Crippen LogP contribution in [0.3, 0.4) is 0 Å².